The van der Waals surface area contributed by atoms with Crippen molar-refractivity contribution in [3.63, 3.8) is 0 Å². The zero-order valence-corrected chi connectivity index (χ0v) is 16.7. The van der Waals surface area contributed by atoms with Crippen LogP contribution in [0.15, 0.2) is 75.5 Å². The van der Waals surface area contributed by atoms with Crippen molar-refractivity contribution in [2.45, 2.75) is 12.5 Å². The van der Waals surface area contributed by atoms with E-state index in [1.807, 2.05) is 45.8 Å². The van der Waals surface area contributed by atoms with Crippen molar-refractivity contribution in [3.8, 4) is 33.6 Å². The number of hydrogen-bond acceptors (Lipinski definition) is 5. The molecule has 0 aliphatic heterocycles. The van der Waals surface area contributed by atoms with Crippen LogP contribution >= 0.6 is 22.7 Å². The molecular weight excluding hydrogens is 412 g/mol. The van der Waals surface area contributed by atoms with Crippen molar-refractivity contribution < 1.29 is 8.78 Å². The lowest BCUT2D eigenvalue weighted by Crippen LogP contribution is -2.31. The van der Waals surface area contributed by atoms with Crippen LogP contribution in [0.2, 0.25) is 0 Å². The van der Waals surface area contributed by atoms with Gasteiger partial charge in [0.15, 0.2) is 5.82 Å². The van der Waals surface area contributed by atoms with Crippen molar-refractivity contribution in [1.82, 2.24) is 14.8 Å². The molecule has 3 aromatic heterocycles. The van der Waals surface area contributed by atoms with Gasteiger partial charge < -0.3 is 0 Å². The van der Waals surface area contributed by atoms with Crippen LogP contribution in [0, 0.1) is 0 Å². The van der Waals surface area contributed by atoms with Crippen LogP contribution in [-0.4, -0.2) is 20.7 Å². The fraction of sp³-hybridized carbons (Fsp3) is 0.0952. The third-order valence-electron chi connectivity index (χ3n) is 4.33. The van der Waals surface area contributed by atoms with Gasteiger partial charge in [-0.05, 0) is 80.2 Å². The van der Waals surface area contributed by atoms with Crippen molar-refractivity contribution >= 4 is 22.7 Å². The number of aromatic nitrogens is 3. The van der Waals surface area contributed by atoms with E-state index in [0.29, 0.717) is 11.6 Å². The summed E-state index contributed by atoms with van der Waals surface area (Å²) in [5, 5.41) is 12.1. The number of thiophene rings is 2. The zero-order chi connectivity index (χ0) is 20.4. The summed E-state index contributed by atoms with van der Waals surface area (Å²) in [5.74, 6) is -3.03. The number of benzene rings is 1. The van der Waals surface area contributed by atoms with Gasteiger partial charge >= 0.3 is 0 Å². The van der Waals surface area contributed by atoms with Gasteiger partial charge in [0.05, 0.1) is 6.20 Å². The summed E-state index contributed by atoms with van der Waals surface area (Å²) < 4.78 is 28.2. The van der Waals surface area contributed by atoms with Crippen LogP contribution < -0.4 is 5.56 Å². The van der Waals surface area contributed by atoms with Crippen molar-refractivity contribution in [2.75, 3.05) is 0 Å². The second-order valence-corrected chi connectivity index (χ2v) is 7.93. The molecule has 0 atom stereocenters. The predicted octanol–water partition coefficient (Wildman–Crippen LogP) is 5.58. The lowest BCUT2D eigenvalue weighted by Gasteiger charge is -2.13. The summed E-state index contributed by atoms with van der Waals surface area (Å²) in [4.78, 5) is 16.1. The van der Waals surface area contributed by atoms with Crippen LogP contribution in [0.3, 0.4) is 0 Å². The van der Waals surface area contributed by atoms with Gasteiger partial charge in [0.2, 0.25) is 0 Å². The van der Waals surface area contributed by atoms with E-state index >= 15 is 0 Å². The topological polar surface area (TPSA) is 47.8 Å². The molecule has 0 fully saturated rings. The highest BCUT2D eigenvalue weighted by Gasteiger charge is 2.26. The molecule has 3 heterocycles. The first-order valence-electron chi connectivity index (χ1n) is 8.61. The fourth-order valence-corrected chi connectivity index (χ4v) is 4.16. The SMILES string of the molecule is C=CC(F)(F)Cn1nc(-c2cc(-c3ccsc3)cc(-c3ccsc3)c2)ncc1=O. The molecule has 146 valence electrons. The average molecular weight is 428 g/mol. The van der Waals surface area contributed by atoms with E-state index in [1.165, 1.54) is 0 Å². The van der Waals surface area contributed by atoms with Gasteiger partial charge in [0.1, 0.15) is 6.54 Å². The van der Waals surface area contributed by atoms with Crippen LogP contribution in [0.5, 0.6) is 0 Å². The van der Waals surface area contributed by atoms with Crippen molar-refractivity contribution in [1.29, 1.82) is 0 Å². The molecule has 0 N–H and O–H groups in total. The third-order valence-corrected chi connectivity index (χ3v) is 5.69. The Bertz CT molecular complexity index is 1150. The summed E-state index contributed by atoms with van der Waals surface area (Å²) in [5.41, 5.74) is 3.96. The van der Waals surface area contributed by atoms with Crippen molar-refractivity contribution in [3.05, 3.63) is 81.1 Å². The quantitative estimate of drug-likeness (QED) is 0.377. The van der Waals surface area contributed by atoms with E-state index in [2.05, 4.69) is 22.7 Å². The number of hydrogen-bond donors (Lipinski definition) is 0. The standard InChI is InChI=1S/C21H15F2N3OS2/c1-2-21(22,23)13-26-19(27)10-24-20(25-26)18-8-16(14-3-5-28-11-14)7-17(9-18)15-4-6-29-12-15/h2-12H,1,13H2. The van der Waals surface area contributed by atoms with Crippen molar-refractivity contribution in [2.24, 2.45) is 0 Å². The summed E-state index contributed by atoms with van der Waals surface area (Å²) in [6.07, 6.45) is 1.52. The van der Waals surface area contributed by atoms with Gasteiger partial charge in [-0.25, -0.2) is 9.67 Å². The summed E-state index contributed by atoms with van der Waals surface area (Å²) in [7, 11) is 0. The number of allylic oxidation sites excluding steroid dienone is 1. The Morgan fingerprint density at radius 1 is 1.00 bits per heavy atom. The van der Waals surface area contributed by atoms with E-state index in [9.17, 15) is 13.6 Å². The molecule has 1 aromatic carbocycles. The number of halogens is 2. The highest BCUT2D eigenvalue weighted by molar-refractivity contribution is 7.08. The molecule has 0 saturated carbocycles. The average Bonchev–Trinajstić information content (AvgIpc) is 3.43. The molecule has 8 heteroatoms. The molecular formula is C21H15F2N3OS2. The zero-order valence-electron chi connectivity index (χ0n) is 15.1. The second kappa shape index (κ2) is 7.81. The van der Waals surface area contributed by atoms with Crippen LogP contribution in [0.1, 0.15) is 0 Å². The molecule has 0 radical (unpaired) electrons. The van der Waals surface area contributed by atoms with E-state index < -0.39 is 18.0 Å². The Labute approximate surface area is 173 Å². The first-order valence-corrected chi connectivity index (χ1v) is 10.5. The van der Waals surface area contributed by atoms with Gasteiger partial charge in [-0.2, -0.15) is 31.5 Å². The maximum Gasteiger partial charge on any atom is 0.285 e. The normalized spacial score (nSPS) is 11.5. The minimum Gasteiger partial charge on any atom is -0.266 e. The van der Waals surface area contributed by atoms with Gasteiger partial charge in [-0.3, -0.25) is 4.79 Å². The second-order valence-electron chi connectivity index (χ2n) is 6.37. The van der Waals surface area contributed by atoms with E-state index in [-0.39, 0.29) is 5.82 Å². The Morgan fingerprint density at radius 2 is 1.59 bits per heavy atom. The molecule has 0 amide bonds. The first-order chi connectivity index (χ1) is 13.9. The Morgan fingerprint density at radius 3 is 2.10 bits per heavy atom. The van der Waals surface area contributed by atoms with Gasteiger partial charge in [-0.15, -0.1) is 5.10 Å². The lowest BCUT2D eigenvalue weighted by atomic mass is 9.98. The Kier molecular flexibility index (Phi) is 5.21. The van der Waals surface area contributed by atoms with E-state index in [1.54, 1.807) is 22.7 Å². The molecule has 4 aromatic rings. The van der Waals surface area contributed by atoms with Gasteiger partial charge in [0.25, 0.3) is 11.5 Å². The minimum atomic E-state index is -3.24. The maximum absolute atomic E-state index is 13.7. The Hall–Kier alpha value is -2.97. The third kappa shape index (κ3) is 4.23. The van der Waals surface area contributed by atoms with E-state index in [0.717, 1.165) is 33.1 Å². The monoisotopic (exact) mass is 427 g/mol. The highest BCUT2D eigenvalue weighted by atomic mass is 32.1. The maximum atomic E-state index is 13.7. The van der Waals surface area contributed by atoms with Gasteiger partial charge in [0, 0.05) is 5.56 Å². The molecule has 0 aliphatic rings. The fourth-order valence-electron chi connectivity index (χ4n) is 2.83. The smallest absolute Gasteiger partial charge is 0.266 e. The minimum absolute atomic E-state index is 0.207. The molecule has 0 unspecified atom stereocenters. The number of alkyl halides is 2. The molecule has 0 bridgehead atoms. The number of nitrogens with zero attached hydrogens (tertiary/aromatic N) is 3. The van der Waals surface area contributed by atoms with Gasteiger partial charge in [-0.1, -0.05) is 6.58 Å². The molecule has 4 nitrogen and oxygen atoms in total. The van der Waals surface area contributed by atoms with Crippen LogP contribution in [0.4, 0.5) is 8.78 Å². The molecule has 0 spiro atoms. The molecule has 29 heavy (non-hydrogen) atoms. The molecule has 0 saturated heterocycles. The summed E-state index contributed by atoms with van der Waals surface area (Å²) in [6, 6.07) is 9.87. The summed E-state index contributed by atoms with van der Waals surface area (Å²) in [6.45, 7) is 2.23. The Balaban J connectivity index is 1.84. The molecule has 0 aliphatic carbocycles. The van der Waals surface area contributed by atoms with Crippen LogP contribution in [-0.2, 0) is 6.54 Å². The molecule has 4 rings (SSSR count). The highest BCUT2D eigenvalue weighted by Crippen LogP contribution is 2.33. The van der Waals surface area contributed by atoms with Crippen LogP contribution in [0.25, 0.3) is 33.6 Å². The predicted molar refractivity (Wildman–Crippen MR) is 113 cm³/mol. The number of rotatable bonds is 6. The lowest BCUT2D eigenvalue weighted by molar-refractivity contribution is 0.0311. The largest absolute Gasteiger partial charge is 0.285 e. The first kappa shape index (κ1) is 19.4. The summed E-state index contributed by atoms with van der Waals surface area (Å²) >= 11 is 3.17. The van der Waals surface area contributed by atoms with E-state index in [4.69, 9.17) is 0 Å².